The van der Waals surface area contributed by atoms with Crippen LogP contribution in [-0.4, -0.2) is 24.5 Å². The molecule has 0 radical (unpaired) electrons. The number of esters is 1. The van der Waals surface area contributed by atoms with Crippen LogP contribution in [0.15, 0.2) is 60.7 Å². The average molecular weight is 284 g/mol. The summed E-state index contributed by atoms with van der Waals surface area (Å²) in [6, 6.07) is 17.7. The van der Waals surface area contributed by atoms with E-state index in [9.17, 15) is 9.59 Å². The molecule has 4 heteroatoms. The molecule has 0 N–H and O–H groups in total. The fourth-order valence-corrected chi connectivity index (χ4v) is 1.78. The highest BCUT2D eigenvalue weighted by Crippen LogP contribution is 2.09. The molecule has 2 rings (SSSR count). The maximum absolute atomic E-state index is 12.0. The maximum atomic E-state index is 12.0. The number of Topliss-reactive ketones (excluding diaryl/α,β-unsaturated/α-hetero) is 1. The van der Waals surface area contributed by atoms with Gasteiger partial charge in [-0.15, -0.1) is 0 Å². The second-order valence-corrected chi connectivity index (χ2v) is 4.46. The molecular weight excluding hydrogens is 268 g/mol. The predicted octanol–water partition coefficient (Wildman–Crippen LogP) is 2.88. The van der Waals surface area contributed by atoms with Gasteiger partial charge in [0.25, 0.3) is 0 Å². The van der Waals surface area contributed by atoms with E-state index in [1.54, 1.807) is 43.3 Å². The first kappa shape index (κ1) is 14.8. The van der Waals surface area contributed by atoms with Crippen LogP contribution < -0.4 is 4.74 Å². The van der Waals surface area contributed by atoms with Gasteiger partial charge in [0.05, 0.1) is 0 Å². The molecule has 4 nitrogen and oxygen atoms in total. The van der Waals surface area contributed by atoms with Crippen LogP contribution in [0.1, 0.15) is 17.3 Å². The summed E-state index contributed by atoms with van der Waals surface area (Å²) in [5.74, 6) is -0.226. The van der Waals surface area contributed by atoms with Crippen molar-refractivity contribution >= 4 is 11.8 Å². The minimum absolute atomic E-state index is 0.226. The third-order valence-electron chi connectivity index (χ3n) is 2.84. The monoisotopic (exact) mass is 284 g/mol. The summed E-state index contributed by atoms with van der Waals surface area (Å²) in [5, 5.41) is 0. The number of hydrogen-bond acceptors (Lipinski definition) is 4. The van der Waals surface area contributed by atoms with Crippen LogP contribution in [0.25, 0.3) is 0 Å². The molecule has 0 spiro atoms. The number of rotatable bonds is 6. The molecule has 0 aliphatic carbocycles. The Balaban J connectivity index is 1.83. The molecule has 0 saturated carbocycles. The number of ketones is 1. The lowest BCUT2D eigenvalue weighted by molar-refractivity contribution is -0.148. The fraction of sp³-hybridized carbons (Fsp3) is 0.176. The quantitative estimate of drug-likeness (QED) is 0.604. The van der Waals surface area contributed by atoms with Crippen LogP contribution in [0.5, 0.6) is 5.75 Å². The summed E-state index contributed by atoms with van der Waals surface area (Å²) >= 11 is 0. The fourth-order valence-electron chi connectivity index (χ4n) is 1.78. The van der Waals surface area contributed by atoms with Gasteiger partial charge in [-0.1, -0.05) is 48.5 Å². The van der Waals surface area contributed by atoms with E-state index in [-0.39, 0.29) is 12.4 Å². The normalized spacial score (nSPS) is 11.5. The standard InChI is InChI=1S/C17H16O4/c1-13(17(19)14-8-4-2-5-9-14)21-16(18)12-20-15-10-6-3-7-11-15/h2-11,13H,12H2,1H3. The van der Waals surface area contributed by atoms with E-state index in [1.807, 2.05) is 24.3 Å². The smallest absolute Gasteiger partial charge is 0.344 e. The first-order valence-corrected chi connectivity index (χ1v) is 6.63. The van der Waals surface area contributed by atoms with E-state index in [0.717, 1.165) is 0 Å². The highest BCUT2D eigenvalue weighted by Gasteiger charge is 2.19. The number of carbonyl (C=O) groups is 2. The zero-order chi connectivity index (χ0) is 15.1. The van der Waals surface area contributed by atoms with Crippen LogP contribution in [0.3, 0.4) is 0 Å². The predicted molar refractivity (Wildman–Crippen MR) is 78.3 cm³/mol. The third-order valence-corrected chi connectivity index (χ3v) is 2.84. The lowest BCUT2D eigenvalue weighted by Crippen LogP contribution is -2.27. The molecule has 0 aliphatic heterocycles. The second-order valence-electron chi connectivity index (χ2n) is 4.46. The van der Waals surface area contributed by atoms with Crippen molar-refractivity contribution in [1.82, 2.24) is 0 Å². The van der Waals surface area contributed by atoms with E-state index in [2.05, 4.69) is 0 Å². The van der Waals surface area contributed by atoms with E-state index >= 15 is 0 Å². The van der Waals surface area contributed by atoms with Gasteiger partial charge < -0.3 is 9.47 Å². The third kappa shape index (κ3) is 4.45. The molecule has 21 heavy (non-hydrogen) atoms. The van der Waals surface area contributed by atoms with Crippen LogP contribution >= 0.6 is 0 Å². The Hall–Kier alpha value is -2.62. The van der Waals surface area contributed by atoms with Crippen molar-refractivity contribution in [2.45, 2.75) is 13.0 Å². The maximum Gasteiger partial charge on any atom is 0.344 e. The number of ether oxygens (including phenoxy) is 2. The van der Waals surface area contributed by atoms with Crippen LogP contribution in [0.4, 0.5) is 0 Å². The molecular formula is C17H16O4. The molecule has 2 aromatic rings. The minimum atomic E-state index is -0.834. The zero-order valence-electron chi connectivity index (χ0n) is 11.7. The molecule has 0 saturated heterocycles. The van der Waals surface area contributed by atoms with Crippen molar-refractivity contribution in [2.24, 2.45) is 0 Å². The van der Waals surface area contributed by atoms with Crippen molar-refractivity contribution in [1.29, 1.82) is 0 Å². The van der Waals surface area contributed by atoms with E-state index < -0.39 is 12.1 Å². The first-order valence-electron chi connectivity index (χ1n) is 6.63. The summed E-state index contributed by atoms with van der Waals surface area (Å²) in [7, 11) is 0. The lowest BCUT2D eigenvalue weighted by Gasteiger charge is -2.12. The van der Waals surface area contributed by atoms with Crippen molar-refractivity contribution in [3.63, 3.8) is 0 Å². The molecule has 0 aliphatic rings. The number of carbonyl (C=O) groups excluding carboxylic acids is 2. The van der Waals surface area contributed by atoms with Gasteiger partial charge in [0.2, 0.25) is 5.78 Å². The minimum Gasteiger partial charge on any atom is -0.482 e. The number of para-hydroxylation sites is 1. The summed E-state index contributed by atoms with van der Waals surface area (Å²) < 4.78 is 10.3. The zero-order valence-corrected chi connectivity index (χ0v) is 11.7. The highest BCUT2D eigenvalue weighted by atomic mass is 16.6. The average Bonchev–Trinajstić information content (AvgIpc) is 2.54. The van der Waals surface area contributed by atoms with Gasteiger partial charge in [-0.05, 0) is 19.1 Å². The van der Waals surface area contributed by atoms with Gasteiger partial charge in [0.15, 0.2) is 12.7 Å². The van der Waals surface area contributed by atoms with Gasteiger partial charge >= 0.3 is 5.97 Å². The number of benzene rings is 2. The topological polar surface area (TPSA) is 52.6 Å². The highest BCUT2D eigenvalue weighted by molar-refractivity contribution is 6.00. The Kier molecular flexibility index (Phi) is 5.10. The first-order chi connectivity index (χ1) is 10.2. The van der Waals surface area contributed by atoms with E-state index in [4.69, 9.17) is 9.47 Å². The molecule has 0 amide bonds. The molecule has 0 fully saturated rings. The van der Waals surface area contributed by atoms with Gasteiger partial charge in [-0.3, -0.25) is 4.79 Å². The Labute approximate surface area is 123 Å². The van der Waals surface area contributed by atoms with Crippen molar-refractivity contribution in [3.8, 4) is 5.75 Å². The molecule has 0 heterocycles. The summed E-state index contributed by atoms with van der Waals surface area (Å²) in [6.45, 7) is 1.33. The van der Waals surface area contributed by atoms with Crippen LogP contribution in [-0.2, 0) is 9.53 Å². The van der Waals surface area contributed by atoms with Crippen molar-refractivity contribution in [3.05, 3.63) is 66.2 Å². The van der Waals surface area contributed by atoms with Gasteiger partial charge in [0, 0.05) is 5.56 Å². The molecule has 2 aromatic carbocycles. The molecule has 1 atom stereocenters. The molecule has 1 unspecified atom stereocenters. The van der Waals surface area contributed by atoms with Crippen LogP contribution in [0, 0.1) is 0 Å². The van der Waals surface area contributed by atoms with Crippen LogP contribution in [0.2, 0.25) is 0 Å². The van der Waals surface area contributed by atoms with Gasteiger partial charge in [-0.25, -0.2) is 4.79 Å². The molecule has 0 bridgehead atoms. The van der Waals surface area contributed by atoms with Gasteiger partial charge in [0.1, 0.15) is 5.75 Å². The van der Waals surface area contributed by atoms with Crippen molar-refractivity contribution in [2.75, 3.05) is 6.61 Å². The summed E-state index contributed by atoms with van der Waals surface area (Å²) in [4.78, 5) is 23.7. The van der Waals surface area contributed by atoms with E-state index in [1.165, 1.54) is 0 Å². The Morgan fingerprint density at radius 2 is 1.52 bits per heavy atom. The van der Waals surface area contributed by atoms with Gasteiger partial charge in [-0.2, -0.15) is 0 Å². The number of hydrogen-bond donors (Lipinski definition) is 0. The molecule has 0 aromatic heterocycles. The second kappa shape index (κ2) is 7.24. The summed E-state index contributed by atoms with van der Waals surface area (Å²) in [5.41, 5.74) is 0.516. The van der Waals surface area contributed by atoms with Crippen molar-refractivity contribution < 1.29 is 19.1 Å². The SMILES string of the molecule is CC(OC(=O)COc1ccccc1)C(=O)c1ccccc1. The Bertz CT molecular complexity index is 593. The summed E-state index contributed by atoms with van der Waals surface area (Å²) in [6.07, 6.45) is -0.834. The molecule has 108 valence electrons. The lowest BCUT2D eigenvalue weighted by atomic mass is 10.1. The van der Waals surface area contributed by atoms with E-state index in [0.29, 0.717) is 11.3 Å². The Morgan fingerprint density at radius 1 is 0.952 bits per heavy atom. The Morgan fingerprint density at radius 3 is 2.14 bits per heavy atom. The largest absolute Gasteiger partial charge is 0.482 e.